The van der Waals surface area contributed by atoms with Crippen LogP contribution in [0.2, 0.25) is 0 Å². The first-order chi connectivity index (χ1) is 16.6. The van der Waals surface area contributed by atoms with Gasteiger partial charge in [0.1, 0.15) is 25.2 Å². The van der Waals surface area contributed by atoms with Crippen molar-refractivity contribution in [2.45, 2.75) is 49.8 Å². The summed E-state index contributed by atoms with van der Waals surface area (Å²) in [6, 6.07) is 4.49. The fraction of sp³-hybridized carbons (Fsp3) is 0.545. The quantitative estimate of drug-likeness (QED) is 0.170. The first-order valence-corrected chi connectivity index (χ1v) is 12.1. The smallest absolute Gasteiger partial charge is 0.459 e. The average molecular weight is 508 g/mol. The first kappa shape index (κ1) is 24.8. The van der Waals surface area contributed by atoms with E-state index in [1.807, 2.05) is 0 Å². The van der Waals surface area contributed by atoms with E-state index in [9.17, 15) is 29.3 Å². The van der Waals surface area contributed by atoms with Gasteiger partial charge in [0.2, 0.25) is 11.8 Å². The minimum Gasteiger partial charge on any atom is -0.459 e. The Bertz CT molecular complexity index is 1050. The molecule has 0 aliphatic carbocycles. The van der Waals surface area contributed by atoms with Gasteiger partial charge in [0.15, 0.2) is 5.60 Å². The minimum atomic E-state index is -1.10. The number of esters is 1. The van der Waals surface area contributed by atoms with Crippen molar-refractivity contribution in [1.29, 1.82) is 0 Å². The van der Waals surface area contributed by atoms with Crippen molar-refractivity contribution in [2.75, 3.05) is 18.9 Å². The highest BCUT2D eigenvalue weighted by Crippen LogP contribution is 2.50. The normalized spacial score (nSPS) is 29.0. The number of amides is 2. The number of ether oxygens (including phenoxy) is 3. The average Bonchev–Trinajstić information content (AvgIpc) is 3.31. The number of non-ortho nitro benzene ring substituents is 1. The van der Waals surface area contributed by atoms with Crippen molar-refractivity contribution in [3.8, 4) is 0 Å². The van der Waals surface area contributed by atoms with Crippen LogP contribution >= 0.6 is 11.8 Å². The molecule has 188 valence electrons. The van der Waals surface area contributed by atoms with Gasteiger partial charge >= 0.3 is 12.1 Å². The van der Waals surface area contributed by atoms with E-state index >= 15 is 0 Å². The number of hydrogen-bond donors (Lipinski definition) is 1. The number of benzene rings is 1. The van der Waals surface area contributed by atoms with Crippen LogP contribution in [0.3, 0.4) is 0 Å². The molecule has 12 nitrogen and oxygen atoms in total. The number of nitro benzene ring substituents is 1. The Hall–Kier alpha value is -3.35. The highest BCUT2D eigenvalue weighted by atomic mass is 32.2. The van der Waals surface area contributed by atoms with Gasteiger partial charge in [-0.25, -0.2) is 9.59 Å². The van der Waals surface area contributed by atoms with Crippen molar-refractivity contribution >= 4 is 41.4 Å². The van der Waals surface area contributed by atoms with E-state index in [4.69, 9.17) is 14.2 Å². The zero-order valence-electron chi connectivity index (χ0n) is 19.1. The molecule has 0 saturated carbocycles. The summed E-state index contributed by atoms with van der Waals surface area (Å²) in [7, 11) is 0. The molecule has 0 radical (unpaired) electrons. The lowest BCUT2D eigenvalue weighted by molar-refractivity contribution is -0.384. The van der Waals surface area contributed by atoms with Crippen LogP contribution < -0.4 is 5.32 Å². The summed E-state index contributed by atoms with van der Waals surface area (Å²) in [5, 5.41) is 13.2. The molecular formula is C22H25N3O9S. The Balaban J connectivity index is 1.45. The van der Waals surface area contributed by atoms with Gasteiger partial charge in [-0.15, -0.1) is 0 Å². The Morgan fingerprint density at radius 2 is 2.03 bits per heavy atom. The van der Waals surface area contributed by atoms with Crippen LogP contribution in [0.15, 0.2) is 24.3 Å². The molecule has 13 heteroatoms. The molecule has 1 N–H and O–H groups in total. The first-order valence-electron chi connectivity index (χ1n) is 11.0. The van der Waals surface area contributed by atoms with Crippen LogP contribution in [0.1, 0.15) is 25.8 Å². The zero-order valence-corrected chi connectivity index (χ0v) is 19.9. The summed E-state index contributed by atoms with van der Waals surface area (Å²) in [4.78, 5) is 60.8. The molecule has 5 unspecified atom stereocenters. The van der Waals surface area contributed by atoms with Crippen LogP contribution in [0, 0.1) is 16.0 Å². The fourth-order valence-electron chi connectivity index (χ4n) is 4.79. The number of rotatable bonds is 9. The molecule has 3 fully saturated rings. The molecular weight excluding hydrogens is 482 g/mol. The van der Waals surface area contributed by atoms with E-state index < -0.39 is 34.6 Å². The summed E-state index contributed by atoms with van der Waals surface area (Å²) in [6.07, 6.45) is -0.331. The van der Waals surface area contributed by atoms with E-state index in [-0.39, 0.29) is 42.0 Å². The molecule has 5 atom stereocenters. The van der Waals surface area contributed by atoms with Gasteiger partial charge < -0.3 is 24.4 Å². The Labute approximate surface area is 204 Å². The third kappa shape index (κ3) is 4.90. The summed E-state index contributed by atoms with van der Waals surface area (Å²) in [5.41, 5.74) is -0.599. The second kappa shape index (κ2) is 9.72. The lowest BCUT2D eigenvalue weighted by Gasteiger charge is -2.49. The summed E-state index contributed by atoms with van der Waals surface area (Å²) < 4.78 is 15.7. The van der Waals surface area contributed by atoms with Crippen LogP contribution in [0.25, 0.3) is 0 Å². The van der Waals surface area contributed by atoms with Crippen molar-refractivity contribution in [3.05, 3.63) is 39.9 Å². The lowest BCUT2D eigenvalue weighted by Crippen LogP contribution is -2.68. The molecule has 3 heterocycles. The molecule has 4 rings (SSSR count). The number of thioether (sulfide) groups is 1. The van der Waals surface area contributed by atoms with E-state index in [0.29, 0.717) is 24.3 Å². The Kier molecular flexibility index (Phi) is 6.88. The predicted molar refractivity (Wildman–Crippen MR) is 121 cm³/mol. The number of nitrogens with one attached hydrogen (secondary N) is 1. The second-order valence-corrected chi connectivity index (χ2v) is 10.2. The van der Waals surface area contributed by atoms with Gasteiger partial charge in [0, 0.05) is 42.6 Å². The largest absolute Gasteiger partial charge is 0.509 e. The highest BCUT2D eigenvalue weighted by molar-refractivity contribution is 8.00. The zero-order chi connectivity index (χ0) is 25.3. The number of hydrogen-bond acceptors (Lipinski definition) is 10. The minimum absolute atomic E-state index is 0.0395. The lowest BCUT2D eigenvalue weighted by atomic mass is 9.75. The number of carbonyl (C=O) groups excluding carboxylic acids is 4. The van der Waals surface area contributed by atoms with E-state index in [1.54, 1.807) is 6.92 Å². The molecule has 3 saturated heterocycles. The molecule has 0 spiro atoms. The van der Waals surface area contributed by atoms with Crippen LogP contribution in [-0.4, -0.2) is 75.6 Å². The second-order valence-electron chi connectivity index (χ2n) is 8.85. The summed E-state index contributed by atoms with van der Waals surface area (Å²) >= 11 is 1.46. The fourth-order valence-corrected chi connectivity index (χ4v) is 6.08. The van der Waals surface area contributed by atoms with Crippen LogP contribution in [0.5, 0.6) is 0 Å². The summed E-state index contributed by atoms with van der Waals surface area (Å²) in [6.45, 7) is 3.33. The van der Waals surface area contributed by atoms with Gasteiger partial charge in [-0.1, -0.05) is 0 Å². The highest BCUT2D eigenvalue weighted by Gasteiger charge is 2.67. The standard InChI is InChI=1S/C22H25N3O9S/c1-12(26)23-7-8-35-16-9-15-17(22(2)11-33-21(29)34-22)19(27)24(15)18(16)20(28)32-10-13-3-5-14(6-4-13)25(30)31/h3-6,15-18H,7-11H2,1-2H3,(H,23,26). The molecule has 0 aromatic heterocycles. The SMILES string of the molecule is CC(=O)NCCSC1CC2C(C3(C)COC(=O)O3)C(=O)N2C1C(=O)OCc1ccc([N+](=O)[O-])cc1. The van der Waals surface area contributed by atoms with E-state index in [0.717, 1.165) is 0 Å². The van der Waals surface area contributed by atoms with Gasteiger partial charge in [-0.2, -0.15) is 11.8 Å². The monoisotopic (exact) mass is 507 g/mol. The Morgan fingerprint density at radius 1 is 1.31 bits per heavy atom. The van der Waals surface area contributed by atoms with Gasteiger partial charge in [0.05, 0.1) is 4.92 Å². The number of cyclic esters (lactones) is 2. The third-order valence-electron chi connectivity index (χ3n) is 6.42. The summed E-state index contributed by atoms with van der Waals surface area (Å²) in [5.74, 6) is -1.14. The van der Waals surface area contributed by atoms with Crippen molar-refractivity contribution < 1.29 is 38.3 Å². The number of fused-ring (bicyclic) bond motifs is 1. The van der Waals surface area contributed by atoms with Crippen molar-refractivity contribution in [3.63, 3.8) is 0 Å². The van der Waals surface area contributed by atoms with Gasteiger partial charge in [-0.3, -0.25) is 19.7 Å². The van der Waals surface area contributed by atoms with Gasteiger partial charge in [-0.05, 0) is 31.0 Å². The third-order valence-corrected chi connectivity index (χ3v) is 7.74. The number of carbonyl (C=O) groups is 4. The topological polar surface area (TPSA) is 154 Å². The maximum atomic E-state index is 13.1. The van der Waals surface area contributed by atoms with Crippen LogP contribution in [-0.2, 0) is 35.2 Å². The van der Waals surface area contributed by atoms with Crippen molar-refractivity contribution in [2.24, 2.45) is 5.92 Å². The van der Waals surface area contributed by atoms with E-state index in [1.165, 1.54) is 47.9 Å². The molecule has 2 amide bonds. The van der Waals surface area contributed by atoms with E-state index in [2.05, 4.69) is 5.32 Å². The maximum Gasteiger partial charge on any atom is 0.509 e. The number of β-lactam (4-membered cyclic amide) rings is 1. The maximum absolute atomic E-state index is 13.1. The van der Waals surface area contributed by atoms with Gasteiger partial charge in [0.25, 0.3) is 5.69 Å². The molecule has 3 aliphatic heterocycles. The number of nitrogens with zero attached hydrogens (tertiary/aromatic N) is 2. The number of nitro groups is 1. The molecule has 1 aromatic rings. The van der Waals surface area contributed by atoms with Crippen molar-refractivity contribution in [1.82, 2.24) is 10.2 Å². The molecule has 3 aliphatic rings. The molecule has 1 aromatic carbocycles. The molecule has 0 bridgehead atoms. The van der Waals surface area contributed by atoms with Crippen LogP contribution in [0.4, 0.5) is 10.5 Å². The molecule has 35 heavy (non-hydrogen) atoms. The Morgan fingerprint density at radius 3 is 2.63 bits per heavy atom. The predicted octanol–water partition coefficient (Wildman–Crippen LogP) is 1.40.